The van der Waals surface area contributed by atoms with Crippen molar-refractivity contribution in [2.75, 3.05) is 0 Å². The largest absolute Gasteiger partial charge is 0.479 e. The zero-order chi connectivity index (χ0) is 16.2. The summed E-state index contributed by atoms with van der Waals surface area (Å²) in [4.78, 5) is 10.5. The van der Waals surface area contributed by atoms with Crippen molar-refractivity contribution in [2.45, 2.75) is 6.61 Å². The highest BCUT2D eigenvalue weighted by Gasteiger charge is 2.16. The zero-order valence-electron chi connectivity index (χ0n) is 11.8. The molecule has 1 heterocycles. The first kappa shape index (κ1) is 15.1. The lowest BCUT2D eigenvalue weighted by atomic mass is 10.1. The van der Waals surface area contributed by atoms with Crippen LogP contribution in [0.15, 0.2) is 59.1 Å². The minimum atomic E-state index is -0.545. The van der Waals surface area contributed by atoms with Gasteiger partial charge in [0.2, 0.25) is 0 Å². The van der Waals surface area contributed by atoms with E-state index in [1.54, 1.807) is 6.07 Å². The Kier molecular flexibility index (Phi) is 4.25. The highest BCUT2D eigenvalue weighted by molar-refractivity contribution is 6.30. The minimum Gasteiger partial charge on any atom is -0.479 e. The van der Waals surface area contributed by atoms with Gasteiger partial charge in [-0.25, -0.2) is 0 Å². The third-order valence-electron chi connectivity index (χ3n) is 3.12. The van der Waals surface area contributed by atoms with Crippen LogP contribution in [0, 0.1) is 10.1 Å². The molecule has 1 aromatic heterocycles. The summed E-state index contributed by atoms with van der Waals surface area (Å²) >= 11 is 5.76. The maximum Gasteiger partial charge on any atom is 0.312 e. The van der Waals surface area contributed by atoms with Gasteiger partial charge in [0.05, 0.1) is 4.92 Å². The van der Waals surface area contributed by atoms with Crippen LogP contribution < -0.4 is 4.74 Å². The van der Waals surface area contributed by atoms with Gasteiger partial charge in [-0.1, -0.05) is 47.1 Å². The first-order valence-electron chi connectivity index (χ1n) is 6.71. The molecule has 0 N–H and O–H groups in total. The second-order valence-corrected chi connectivity index (χ2v) is 5.14. The molecule has 0 aliphatic carbocycles. The van der Waals surface area contributed by atoms with Crippen molar-refractivity contribution in [3.63, 3.8) is 0 Å². The zero-order valence-corrected chi connectivity index (χ0v) is 12.6. The first-order chi connectivity index (χ1) is 11.1. The maximum atomic E-state index is 11.0. The summed E-state index contributed by atoms with van der Waals surface area (Å²) in [5, 5.41) is 15.2. The van der Waals surface area contributed by atoms with Gasteiger partial charge in [0.25, 0.3) is 0 Å². The molecule has 0 spiro atoms. The molecule has 6 nitrogen and oxygen atoms in total. The van der Waals surface area contributed by atoms with Crippen molar-refractivity contribution < 1.29 is 14.2 Å². The summed E-state index contributed by atoms with van der Waals surface area (Å²) in [7, 11) is 0. The van der Waals surface area contributed by atoms with E-state index in [2.05, 4.69) is 5.16 Å². The molecule has 3 aromatic rings. The molecule has 0 unspecified atom stereocenters. The predicted molar refractivity (Wildman–Crippen MR) is 84.4 cm³/mol. The van der Waals surface area contributed by atoms with Gasteiger partial charge in [-0.3, -0.25) is 10.1 Å². The highest BCUT2D eigenvalue weighted by atomic mass is 35.5. The van der Waals surface area contributed by atoms with Crippen LogP contribution in [0.1, 0.15) is 5.76 Å². The first-order valence-corrected chi connectivity index (χ1v) is 7.09. The van der Waals surface area contributed by atoms with Crippen LogP contribution in [-0.2, 0) is 6.61 Å². The molecule has 3 rings (SSSR count). The topological polar surface area (TPSA) is 78.4 Å². The third kappa shape index (κ3) is 3.49. The van der Waals surface area contributed by atoms with E-state index in [-0.39, 0.29) is 23.1 Å². The molecular formula is C16H11ClN2O4. The monoisotopic (exact) mass is 330 g/mol. The van der Waals surface area contributed by atoms with E-state index in [0.29, 0.717) is 11.5 Å². The van der Waals surface area contributed by atoms with Gasteiger partial charge in [-0.15, -0.1) is 0 Å². The molecule has 116 valence electrons. The Morgan fingerprint density at radius 2 is 1.96 bits per heavy atom. The van der Waals surface area contributed by atoms with Crippen molar-refractivity contribution in [2.24, 2.45) is 0 Å². The molecule has 23 heavy (non-hydrogen) atoms. The average Bonchev–Trinajstić information content (AvgIpc) is 3.03. The number of ether oxygens (including phenoxy) is 1. The van der Waals surface area contributed by atoms with E-state index in [4.69, 9.17) is 20.9 Å². The number of nitro benzene ring substituents is 1. The van der Waals surface area contributed by atoms with Gasteiger partial charge in [0.15, 0.2) is 11.5 Å². The predicted octanol–water partition coefficient (Wildman–Crippen LogP) is 4.48. The van der Waals surface area contributed by atoms with Crippen LogP contribution in [0.4, 0.5) is 5.69 Å². The minimum absolute atomic E-state index is 0.0301. The van der Waals surface area contributed by atoms with Gasteiger partial charge in [-0.05, 0) is 12.1 Å². The second kappa shape index (κ2) is 6.50. The number of hydrogen-bond donors (Lipinski definition) is 0. The van der Waals surface area contributed by atoms with E-state index < -0.39 is 4.92 Å². The summed E-state index contributed by atoms with van der Waals surface area (Å²) in [6.07, 6.45) is 0. The molecule has 0 aliphatic rings. The molecule has 0 saturated carbocycles. The Balaban J connectivity index is 1.75. The second-order valence-electron chi connectivity index (χ2n) is 4.70. The van der Waals surface area contributed by atoms with E-state index in [0.717, 1.165) is 5.56 Å². The van der Waals surface area contributed by atoms with Crippen LogP contribution in [0.25, 0.3) is 11.3 Å². The lowest BCUT2D eigenvalue weighted by molar-refractivity contribution is -0.385. The van der Waals surface area contributed by atoms with Crippen molar-refractivity contribution >= 4 is 17.3 Å². The number of hydrogen-bond acceptors (Lipinski definition) is 5. The van der Waals surface area contributed by atoms with Crippen LogP contribution in [0.5, 0.6) is 5.75 Å². The fourth-order valence-corrected chi connectivity index (χ4v) is 2.20. The standard InChI is InChI=1S/C16H11ClN2O4/c17-12-6-7-16(15(8-12)19(20)21)22-10-13-9-14(18-23-13)11-4-2-1-3-5-11/h1-9H,10H2. The molecule has 2 aromatic carbocycles. The molecule has 0 bridgehead atoms. The smallest absolute Gasteiger partial charge is 0.312 e. The van der Waals surface area contributed by atoms with E-state index in [1.807, 2.05) is 30.3 Å². The van der Waals surface area contributed by atoms with Crippen LogP contribution in [0.2, 0.25) is 5.02 Å². The molecule has 0 aliphatic heterocycles. The summed E-state index contributed by atoms with van der Waals surface area (Å²) in [5.41, 5.74) is 1.40. The number of halogens is 1. The highest BCUT2D eigenvalue weighted by Crippen LogP contribution is 2.30. The van der Waals surface area contributed by atoms with Gasteiger partial charge in [0.1, 0.15) is 12.3 Å². The van der Waals surface area contributed by atoms with Crippen LogP contribution in [0.3, 0.4) is 0 Å². The summed E-state index contributed by atoms with van der Waals surface area (Å²) in [6, 6.07) is 15.5. The lowest BCUT2D eigenvalue weighted by Crippen LogP contribution is -1.98. The summed E-state index contributed by atoms with van der Waals surface area (Å²) < 4.78 is 10.6. The van der Waals surface area contributed by atoms with E-state index in [9.17, 15) is 10.1 Å². The number of aromatic nitrogens is 1. The SMILES string of the molecule is O=[N+]([O-])c1cc(Cl)ccc1OCc1cc(-c2ccccc2)no1. The molecule has 0 atom stereocenters. The Bertz CT molecular complexity index is 833. The number of nitro groups is 1. The molecule has 0 fully saturated rings. The molecular weight excluding hydrogens is 320 g/mol. The number of benzene rings is 2. The Hall–Kier alpha value is -2.86. The summed E-state index contributed by atoms with van der Waals surface area (Å²) in [6.45, 7) is 0.0301. The maximum absolute atomic E-state index is 11.0. The lowest BCUT2D eigenvalue weighted by Gasteiger charge is -2.04. The third-order valence-corrected chi connectivity index (χ3v) is 3.35. The Morgan fingerprint density at radius 3 is 2.70 bits per heavy atom. The van der Waals surface area contributed by atoms with Gasteiger partial charge < -0.3 is 9.26 Å². The van der Waals surface area contributed by atoms with Crippen molar-refractivity contribution in [3.05, 3.63) is 75.5 Å². The van der Waals surface area contributed by atoms with Crippen molar-refractivity contribution in [1.29, 1.82) is 0 Å². The number of nitrogens with zero attached hydrogens (tertiary/aromatic N) is 2. The Labute approximate surface area is 136 Å². The quantitative estimate of drug-likeness (QED) is 0.509. The molecule has 0 radical (unpaired) electrons. The van der Waals surface area contributed by atoms with Gasteiger partial charge in [0, 0.05) is 22.7 Å². The van der Waals surface area contributed by atoms with Crippen molar-refractivity contribution in [3.8, 4) is 17.0 Å². The van der Waals surface area contributed by atoms with Gasteiger partial charge >= 0.3 is 5.69 Å². The normalized spacial score (nSPS) is 10.5. The molecule has 0 amide bonds. The summed E-state index contributed by atoms with van der Waals surface area (Å²) in [5.74, 6) is 0.588. The molecule has 7 heteroatoms. The van der Waals surface area contributed by atoms with E-state index in [1.165, 1.54) is 18.2 Å². The van der Waals surface area contributed by atoms with Crippen molar-refractivity contribution in [1.82, 2.24) is 5.16 Å². The van der Waals surface area contributed by atoms with E-state index >= 15 is 0 Å². The average molecular weight is 331 g/mol. The fraction of sp³-hybridized carbons (Fsp3) is 0.0625. The molecule has 0 saturated heterocycles. The van der Waals surface area contributed by atoms with Gasteiger partial charge in [-0.2, -0.15) is 0 Å². The number of rotatable bonds is 5. The van der Waals surface area contributed by atoms with Crippen LogP contribution >= 0.6 is 11.6 Å². The Morgan fingerprint density at radius 1 is 1.17 bits per heavy atom. The fourth-order valence-electron chi connectivity index (χ4n) is 2.03. The van der Waals surface area contributed by atoms with Crippen LogP contribution in [-0.4, -0.2) is 10.1 Å².